The number of benzene rings is 1. The Bertz CT molecular complexity index is 631. The van der Waals surface area contributed by atoms with E-state index in [1.165, 1.54) is 45.8 Å². The molecule has 0 atom stereocenters. The Morgan fingerprint density at radius 3 is 2.29 bits per heavy atom. The Morgan fingerprint density at radius 1 is 1.07 bits per heavy atom. The second kappa shape index (κ2) is 11.6. The van der Waals surface area contributed by atoms with E-state index in [1.54, 1.807) is 12.1 Å². The number of halogens is 2. The highest BCUT2D eigenvalue weighted by Gasteiger charge is 2.25. The molecule has 2 aliphatic rings. The molecule has 1 aromatic rings. The maximum absolute atomic E-state index is 12.7. The summed E-state index contributed by atoms with van der Waals surface area (Å²) in [6.07, 6.45) is 8.94. The normalized spacial score (nSPS) is 18.6. The summed E-state index contributed by atoms with van der Waals surface area (Å²) in [4.78, 5) is 15.2. The van der Waals surface area contributed by atoms with Crippen LogP contribution in [0, 0.1) is 5.92 Å². The number of ether oxygens (including phenoxy) is 1. The Balaban J connectivity index is 0.00000196. The number of methoxy groups -OCH3 is 1. The second-order valence-electron chi connectivity index (χ2n) is 7.73. The zero-order valence-corrected chi connectivity index (χ0v) is 18.2. The van der Waals surface area contributed by atoms with Gasteiger partial charge in [0.05, 0.1) is 24.0 Å². The van der Waals surface area contributed by atoms with Gasteiger partial charge in [0, 0.05) is 31.7 Å². The summed E-state index contributed by atoms with van der Waals surface area (Å²) >= 11 is 0. The third-order valence-corrected chi connectivity index (χ3v) is 5.81. The van der Waals surface area contributed by atoms with Crippen molar-refractivity contribution in [2.45, 2.75) is 51.0 Å². The summed E-state index contributed by atoms with van der Waals surface area (Å²) in [6, 6.07) is 3.41. The molecule has 0 spiro atoms. The average Bonchev–Trinajstić information content (AvgIpc) is 2.66. The van der Waals surface area contributed by atoms with E-state index in [9.17, 15) is 4.79 Å². The number of carbonyl (C=O) groups is 1. The Morgan fingerprint density at radius 2 is 1.68 bits per heavy atom. The first-order valence-corrected chi connectivity index (χ1v) is 9.83. The minimum absolute atomic E-state index is 0. The molecule has 5 N–H and O–H groups in total. The molecule has 1 aliphatic carbocycles. The SMILES string of the molecule is COc1cc(N)c(N)cc1C(=O)NC1CCN(CC2CCCCC2)CC1.Cl.Cl. The van der Waals surface area contributed by atoms with Crippen LogP contribution in [0.25, 0.3) is 0 Å². The summed E-state index contributed by atoms with van der Waals surface area (Å²) in [6.45, 7) is 3.34. The number of likely N-dealkylation sites (tertiary alicyclic amines) is 1. The molecule has 8 heteroatoms. The van der Waals surface area contributed by atoms with Crippen molar-refractivity contribution in [1.29, 1.82) is 0 Å². The minimum Gasteiger partial charge on any atom is -0.496 e. The van der Waals surface area contributed by atoms with E-state index in [4.69, 9.17) is 16.2 Å². The van der Waals surface area contributed by atoms with Gasteiger partial charge in [-0.05, 0) is 37.7 Å². The van der Waals surface area contributed by atoms with E-state index >= 15 is 0 Å². The highest BCUT2D eigenvalue weighted by atomic mass is 35.5. The second-order valence-corrected chi connectivity index (χ2v) is 7.73. The summed E-state index contributed by atoms with van der Waals surface area (Å²) in [5.41, 5.74) is 12.9. The molecule has 1 amide bonds. The van der Waals surface area contributed by atoms with E-state index in [0.717, 1.165) is 31.8 Å². The number of rotatable bonds is 5. The lowest BCUT2D eigenvalue weighted by atomic mass is 9.88. The Hall–Kier alpha value is -1.37. The summed E-state index contributed by atoms with van der Waals surface area (Å²) in [5, 5.41) is 3.14. The predicted molar refractivity (Wildman–Crippen MR) is 120 cm³/mol. The van der Waals surface area contributed by atoms with Gasteiger partial charge in [0.2, 0.25) is 0 Å². The summed E-state index contributed by atoms with van der Waals surface area (Å²) in [5.74, 6) is 1.19. The maximum atomic E-state index is 12.7. The molecule has 28 heavy (non-hydrogen) atoms. The van der Waals surface area contributed by atoms with E-state index in [-0.39, 0.29) is 36.8 Å². The lowest BCUT2D eigenvalue weighted by Crippen LogP contribution is -2.46. The van der Waals surface area contributed by atoms with Gasteiger partial charge in [0.15, 0.2) is 0 Å². The maximum Gasteiger partial charge on any atom is 0.255 e. The van der Waals surface area contributed by atoms with E-state index < -0.39 is 0 Å². The zero-order chi connectivity index (χ0) is 18.5. The van der Waals surface area contributed by atoms with Crippen LogP contribution in [-0.4, -0.2) is 43.6 Å². The number of anilines is 2. The molecule has 6 nitrogen and oxygen atoms in total. The van der Waals surface area contributed by atoms with Crippen LogP contribution < -0.4 is 21.5 Å². The van der Waals surface area contributed by atoms with Gasteiger partial charge >= 0.3 is 0 Å². The van der Waals surface area contributed by atoms with Gasteiger partial charge in [-0.2, -0.15) is 0 Å². The molecule has 1 heterocycles. The lowest BCUT2D eigenvalue weighted by Gasteiger charge is -2.35. The molecule has 0 aromatic heterocycles. The number of nitrogens with two attached hydrogens (primary N) is 2. The van der Waals surface area contributed by atoms with Crippen LogP contribution in [0.5, 0.6) is 5.75 Å². The number of nitrogens with zero attached hydrogens (tertiary/aromatic N) is 1. The predicted octanol–water partition coefficient (Wildman–Crippen LogP) is 3.48. The third kappa shape index (κ3) is 6.33. The van der Waals surface area contributed by atoms with Crippen LogP contribution in [0.15, 0.2) is 12.1 Å². The quantitative estimate of drug-likeness (QED) is 0.619. The number of carbonyl (C=O) groups excluding carboxylic acids is 1. The zero-order valence-electron chi connectivity index (χ0n) is 16.6. The standard InChI is InChI=1S/C20H32N4O2.2ClH/c1-26-19-12-18(22)17(21)11-16(19)20(25)23-15-7-9-24(10-8-15)13-14-5-3-2-4-6-14;;/h11-12,14-15H,2-10,13,21-22H2,1H3,(H,23,25);2*1H. The van der Waals surface area contributed by atoms with Gasteiger partial charge < -0.3 is 26.4 Å². The fourth-order valence-corrected chi connectivity index (χ4v) is 4.22. The van der Waals surface area contributed by atoms with Gasteiger partial charge in [-0.3, -0.25) is 4.79 Å². The van der Waals surface area contributed by atoms with Crippen LogP contribution >= 0.6 is 24.8 Å². The van der Waals surface area contributed by atoms with Crippen molar-refractivity contribution in [2.24, 2.45) is 5.92 Å². The molecule has 1 saturated heterocycles. The lowest BCUT2D eigenvalue weighted by molar-refractivity contribution is 0.0898. The van der Waals surface area contributed by atoms with Crippen molar-refractivity contribution in [3.8, 4) is 5.75 Å². The molecule has 0 bridgehead atoms. The molecule has 0 radical (unpaired) electrons. The van der Waals surface area contributed by atoms with Crippen molar-refractivity contribution < 1.29 is 9.53 Å². The van der Waals surface area contributed by atoms with Gasteiger partial charge in [-0.25, -0.2) is 0 Å². The van der Waals surface area contributed by atoms with Gasteiger partial charge in [0.25, 0.3) is 5.91 Å². The van der Waals surface area contributed by atoms with Gasteiger partial charge in [-0.15, -0.1) is 24.8 Å². The molecular weight excluding hydrogens is 399 g/mol. The number of amides is 1. The summed E-state index contributed by atoms with van der Waals surface area (Å²) in [7, 11) is 1.53. The largest absolute Gasteiger partial charge is 0.496 e. The average molecular weight is 433 g/mol. The molecule has 0 unspecified atom stereocenters. The molecule has 1 aliphatic heterocycles. The fraction of sp³-hybridized carbons (Fsp3) is 0.650. The molecule has 2 fully saturated rings. The third-order valence-electron chi connectivity index (χ3n) is 5.81. The smallest absolute Gasteiger partial charge is 0.255 e. The highest BCUT2D eigenvalue weighted by molar-refractivity contribution is 5.99. The fourth-order valence-electron chi connectivity index (χ4n) is 4.22. The first-order valence-electron chi connectivity index (χ1n) is 9.83. The highest BCUT2D eigenvalue weighted by Crippen LogP contribution is 2.28. The number of hydrogen-bond donors (Lipinski definition) is 3. The molecule has 160 valence electrons. The van der Waals surface area contributed by atoms with E-state index in [1.807, 2.05) is 0 Å². The number of piperidine rings is 1. The Kier molecular flexibility index (Phi) is 10.2. The monoisotopic (exact) mass is 432 g/mol. The Labute approximate surface area is 180 Å². The van der Waals surface area contributed by atoms with Crippen molar-refractivity contribution >= 4 is 42.1 Å². The van der Waals surface area contributed by atoms with Crippen LogP contribution in [0.3, 0.4) is 0 Å². The van der Waals surface area contributed by atoms with Crippen LogP contribution in [-0.2, 0) is 0 Å². The van der Waals surface area contributed by atoms with E-state index in [2.05, 4.69) is 10.2 Å². The van der Waals surface area contributed by atoms with Crippen molar-refractivity contribution in [2.75, 3.05) is 38.2 Å². The van der Waals surface area contributed by atoms with Crippen molar-refractivity contribution in [1.82, 2.24) is 10.2 Å². The first kappa shape index (κ1) is 24.7. The molecule has 1 aromatic carbocycles. The minimum atomic E-state index is -0.140. The van der Waals surface area contributed by atoms with Crippen LogP contribution in [0.1, 0.15) is 55.3 Å². The van der Waals surface area contributed by atoms with Crippen molar-refractivity contribution in [3.63, 3.8) is 0 Å². The number of nitrogens with one attached hydrogen (secondary N) is 1. The van der Waals surface area contributed by atoms with E-state index in [0.29, 0.717) is 22.7 Å². The van der Waals surface area contributed by atoms with Gasteiger partial charge in [-0.1, -0.05) is 19.3 Å². The first-order chi connectivity index (χ1) is 12.6. The molecular formula is C20H34Cl2N4O2. The van der Waals surface area contributed by atoms with Crippen molar-refractivity contribution in [3.05, 3.63) is 17.7 Å². The topological polar surface area (TPSA) is 93.6 Å². The van der Waals surface area contributed by atoms with Crippen LogP contribution in [0.2, 0.25) is 0 Å². The number of hydrogen-bond acceptors (Lipinski definition) is 5. The molecule has 3 rings (SSSR count). The summed E-state index contributed by atoms with van der Waals surface area (Å²) < 4.78 is 5.29. The van der Waals surface area contributed by atoms with Crippen LogP contribution in [0.4, 0.5) is 11.4 Å². The van der Waals surface area contributed by atoms with Gasteiger partial charge in [0.1, 0.15) is 5.75 Å². The molecule has 1 saturated carbocycles. The number of nitrogen functional groups attached to an aromatic ring is 2.